The second-order valence-corrected chi connectivity index (χ2v) is 9.38. The zero-order chi connectivity index (χ0) is 28.1. The van der Waals surface area contributed by atoms with E-state index in [-0.39, 0.29) is 10.9 Å². The highest BCUT2D eigenvalue weighted by molar-refractivity contribution is 8.01. The molecule has 2 saturated heterocycles. The number of nitrogens with zero attached hydrogens (tertiary/aromatic N) is 6. The molecule has 3 aromatic heterocycles. The monoisotopic (exact) mass is 568 g/mol. The van der Waals surface area contributed by atoms with Crippen molar-refractivity contribution in [1.29, 1.82) is 0 Å². The number of hydrogen-bond acceptors (Lipinski definition) is 9. The Morgan fingerprint density at radius 2 is 1.66 bits per heavy atom. The van der Waals surface area contributed by atoms with Crippen LogP contribution in [0.15, 0.2) is 42.9 Å². The summed E-state index contributed by atoms with van der Waals surface area (Å²) < 4.78 is 71.5. The van der Waals surface area contributed by atoms with Crippen LogP contribution >= 0.6 is 11.8 Å². The SMILES string of the molecule is O=C(O)C(F)(F)F.O=C(O)C(F)(F)F.c1ccc(OC2CSC3(C2)CN(c2ccc4nncn4n2)C3)nc1. The topological polar surface area (TPSA) is 143 Å². The van der Waals surface area contributed by atoms with Crippen LogP contribution in [0.3, 0.4) is 0 Å². The number of pyridine rings is 1. The smallest absolute Gasteiger partial charge is 0.475 e. The van der Waals surface area contributed by atoms with Gasteiger partial charge in [0.2, 0.25) is 5.88 Å². The van der Waals surface area contributed by atoms with Crippen LogP contribution in [0.25, 0.3) is 5.65 Å². The van der Waals surface area contributed by atoms with Gasteiger partial charge in [0.25, 0.3) is 0 Å². The van der Waals surface area contributed by atoms with Gasteiger partial charge in [-0.3, -0.25) is 0 Å². The zero-order valence-electron chi connectivity index (χ0n) is 18.9. The van der Waals surface area contributed by atoms with E-state index >= 15 is 0 Å². The van der Waals surface area contributed by atoms with Crippen LogP contribution in [0.2, 0.25) is 0 Å². The number of carboxylic acid groups (broad SMARTS) is 2. The minimum atomic E-state index is -5.08. The molecule has 11 nitrogen and oxygen atoms in total. The first-order valence-corrected chi connectivity index (χ1v) is 11.4. The Labute approximate surface area is 213 Å². The van der Waals surface area contributed by atoms with Gasteiger partial charge in [0, 0.05) is 37.5 Å². The summed E-state index contributed by atoms with van der Waals surface area (Å²) in [6, 6.07) is 9.74. The first-order chi connectivity index (χ1) is 17.7. The van der Waals surface area contributed by atoms with Crippen molar-refractivity contribution >= 4 is 35.2 Å². The maximum atomic E-state index is 10.6. The largest absolute Gasteiger partial charge is 0.490 e. The van der Waals surface area contributed by atoms with Crippen molar-refractivity contribution in [1.82, 2.24) is 24.8 Å². The van der Waals surface area contributed by atoms with Gasteiger partial charge in [-0.05, 0) is 18.2 Å². The number of alkyl halides is 6. The number of carboxylic acids is 2. The number of anilines is 1. The lowest BCUT2D eigenvalue weighted by molar-refractivity contribution is -0.193. The Morgan fingerprint density at radius 3 is 2.21 bits per heavy atom. The molecule has 1 atom stereocenters. The maximum Gasteiger partial charge on any atom is 0.490 e. The molecule has 206 valence electrons. The standard InChI is InChI=1S/C16H16N6OS.2C2HF3O2/c1-2-6-17-15(3-1)23-12-7-16(24-8-12)9-21(10-16)14-5-4-13-19-18-11-22(13)20-14;2*3-2(4,5)1(6)7/h1-6,11-12H,7-10H2;2*(H,6,7). The number of aliphatic carboxylic acids is 2. The van der Waals surface area contributed by atoms with E-state index in [9.17, 15) is 26.3 Å². The molecule has 5 heterocycles. The van der Waals surface area contributed by atoms with Gasteiger partial charge in [0.15, 0.2) is 5.65 Å². The molecule has 0 saturated carbocycles. The van der Waals surface area contributed by atoms with E-state index in [0.717, 1.165) is 42.6 Å². The maximum absolute atomic E-state index is 10.6. The first-order valence-electron chi connectivity index (χ1n) is 10.4. The Hall–Kier alpha value is -3.83. The van der Waals surface area contributed by atoms with Crippen LogP contribution in [0.1, 0.15) is 6.42 Å². The zero-order valence-corrected chi connectivity index (χ0v) is 19.7. The third kappa shape index (κ3) is 7.59. The molecule has 3 aromatic rings. The minimum Gasteiger partial charge on any atom is -0.475 e. The fourth-order valence-electron chi connectivity index (χ4n) is 3.38. The van der Waals surface area contributed by atoms with Crippen molar-refractivity contribution in [2.75, 3.05) is 23.7 Å². The van der Waals surface area contributed by atoms with Crippen LogP contribution in [0.5, 0.6) is 5.88 Å². The number of thioether (sulfide) groups is 1. The first kappa shape index (κ1) is 28.7. The molecule has 2 aliphatic rings. The van der Waals surface area contributed by atoms with Crippen LogP contribution in [0.4, 0.5) is 32.2 Å². The van der Waals surface area contributed by atoms with Gasteiger partial charge in [-0.1, -0.05) is 6.07 Å². The molecule has 18 heteroatoms. The van der Waals surface area contributed by atoms with E-state index in [4.69, 9.17) is 24.5 Å². The normalized spacial score (nSPS) is 18.1. The molecule has 2 aliphatic heterocycles. The molecule has 5 rings (SSSR count). The summed E-state index contributed by atoms with van der Waals surface area (Å²) in [5, 5.41) is 26.7. The summed E-state index contributed by atoms with van der Waals surface area (Å²) in [6.45, 7) is 2.00. The van der Waals surface area contributed by atoms with E-state index in [1.807, 2.05) is 42.1 Å². The lowest BCUT2D eigenvalue weighted by Crippen LogP contribution is -2.59. The molecule has 2 fully saturated rings. The molecule has 0 amide bonds. The number of ether oxygens (including phenoxy) is 1. The highest BCUT2D eigenvalue weighted by Gasteiger charge is 2.50. The quantitative estimate of drug-likeness (QED) is 0.450. The average molecular weight is 568 g/mol. The second-order valence-electron chi connectivity index (χ2n) is 7.89. The van der Waals surface area contributed by atoms with E-state index in [1.165, 1.54) is 0 Å². The third-order valence-electron chi connectivity index (χ3n) is 5.01. The lowest BCUT2D eigenvalue weighted by Gasteiger charge is -2.47. The fourth-order valence-corrected chi connectivity index (χ4v) is 4.91. The van der Waals surface area contributed by atoms with E-state index in [2.05, 4.69) is 25.2 Å². The molecular weight excluding hydrogens is 550 g/mol. The predicted octanol–water partition coefficient (Wildman–Crippen LogP) is 2.93. The van der Waals surface area contributed by atoms with Crippen LogP contribution < -0.4 is 9.64 Å². The Kier molecular flexibility index (Phi) is 8.53. The number of hydrogen-bond donors (Lipinski definition) is 2. The van der Waals surface area contributed by atoms with Crippen molar-refractivity contribution in [2.45, 2.75) is 29.6 Å². The van der Waals surface area contributed by atoms with Gasteiger partial charge in [0.1, 0.15) is 18.2 Å². The number of halogens is 6. The highest BCUT2D eigenvalue weighted by Crippen LogP contribution is 2.47. The van der Waals surface area contributed by atoms with Crippen molar-refractivity contribution in [2.24, 2.45) is 0 Å². The van der Waals surface area contributed by atoms with Crippen molar-refractivity contribution in [3.05, 3.63) is 42.9 Å². The summed E-state index contributed by atoms with van der Waals surface area (Å²) in [7, 11) is 0. The van der Waals surface area contributed by atoms with Gasteiger partial charge in [-0.15, -0.1) is 27.1 Å². The van der Waals surface area contributed by atoms with Gasteiger partial charge in [0.05, 0.1) is 4.75 Å². The summed E-state index contributed by atoms with van der Waals surface area (Å²) in [5.74, 6) is -2.80. The average Bonchev–Trinajstić information content (AvgIpc) is 3.45. The van der Waals surface area contributed by atoms with Crippen LogP contribution in [0, 0.1) is 0 Å². The second kappa shape index (κ2) is 11.3. The summed E-state index contributed by atoms with van der Waals surface area (Å²) in [5.41, 5.74) is 0.771. The number of rotatable bonds is 3. The molecular formula is C20H18F6N6O5S. The highest BCUT2D eigenvalue weighted by atomic mass is 32.2. The molecule has 38 heavy (non-hydrogen) atoms. The van der Waals surface area contributed by atoms with E-state index in [0.29, 0.717) is 0 Å². The Balaban J connectivity index is 0.000000239. The number of carbonyl (C=O) groups is 2. The Morgan fingerprint density at radius 1 is 1.03 bits per heavy atom. The minimum absolute atomic E-state index is 0.236. The summed E-state index contributed by atoms with van der Waals surface area (Å²) in [6.07, 6.45) is -5.47. The third-order valence-corrected chi connectivity index (χ3v) is 6.59. The van der Waals surface area contributed by atoms with Crippen molar-refractivity contribution < 1.29 is 50.9 Å². The fraction of sp³-hybridized carbons (Fsp3) is 0.400. The number of fused-ring (bicyclic) bond motifs is 1. The summed E-state index contributed by atoms with van der Waals surface area (Å²) >= 11 is 2.01. The molecule has 2 N–H and O–H groups in total. The molecule has 0 aliphatic carbocycles. The van der Waals surface area contributed by atoms with Crippen LogP contribution in [-0.4, -0.2) is 89.0 Å². The Bertz CT molecular complexity index is 1230. The molecule has 0 aromatic carbocycles. The summed E-state index contributed by atoms with van der Waals surface area (Å²) in [4.78, 5) is 24.3. The molecule has 1 spiro atoms. The predicted molar refractivity (Wildman–Crippen MR) is 119 cm³/mol. The molecule has 0 radical (unpaired) electrons. The van der Waals surface area contributed by atoms with E-state index in [1.54, 1.807) is 17.0 Å². The van der Waals surface area contributed by atoms with Gasteiger partial charge >= 0.3 is 24.3 Å². The lowest BCUT2D eigenvalue weighted by atomic mass is 9.93. The van der Waals surface area contributed by atoms with Crippen molar-refractivity contribution in [3.8, 4) is 5.88 Å². The van der Waals surface area contributed by atoms with Gasteiger partial charge < -0.3 is 19.8 Å². The molecule has 0 bridgehead atoms. The van der Waals surface area contributed by atoms with Crippen molar-refractivity contribution in [3.63, 3.8) is 0 Å². The van der Waals surface area contributed by atoms with Gasteiger partial charge in [-0.25, -0.2) is 14.6 Å². The molecule has 1 unspecified atom stereocenters. The van der Waals surface area contributed by atoms with Crippen LogP contribution in [-0.2, 0) is 9.59 Å². The van der Waals surface area contributed by atoms with E-state index < -0.39 is 24.3 Å². The number of aromatic nitrogens is 5. The van der Waals surface area contributed by atoms with Gasteiger partial charge in [-0.2, -0.15) is 30.9 Å².